The topological polar surface area (TPSA) is 60.0 Å². The summed E-state index contributed by atoms with van der Waals surface area (Å²) in [4.78, 5) is 38.2. The van der Waals surface area contributed by atoms with E-state index in [1.807, 2.05) is 52.5 Å². The molecule has 0 radical (unpaired) electrons. The molecule has 188 valence electrons. The van der Waals surface area contributed by atoms with E-state index in [1.54, 1.807) is 6.92 Å². The maximum Gasteiger partial charge on any atom is 0.230 e. The van der Waals surface area contributed by atoms with Gasteiger partial charge in [-0.1, -0.05) is 23.7 Å². The molecule has 2 saturated heterocycles. The first-order valence-corrected chi connectivity index (χ1v) is 13.0. The first kappa shape index (κ1) is 25.6. The zero-order valence-corrected chi connectivity index (χ0v) is 21.4. The Bertz CT molecular complexity index is 973. The summed E-state index contributed by atoms with van der Waals surface area (Å²) >= 11 is 6.26. The lowest BCUT2D eigenvalue weighted by atomic mass is 9.94. The normalized spacial score (nSPS) is 17.9. The Kier molecular flexibility index (Phi) is 9.12. The molecule has 1 aromatic carbocycles. The molecule has 0 N–H and O–H groups in total. The Morgan fingerprint density at radius 3 is 2.43 bits per heavy atom. The molecule has 3 heterocycles. The second kappa shape index (κ2) is 12.5. The van der Waals surface area contributed by atoms with Gasteiger partial charge in [-0.2, -0.15) is 0 Å². The van der Waals surface area contributed by atoms with Crippen molar-refractivity contribution in [3.8, 4) is 0 Å². The minimum atomic E-state index is -0.0550. The Labute approximate surface area is 213 Å². The summed E-state index contributed by atoms with van der Waals surface area (Å²) in [7, 11) is 0. The van der Waals surface area contributed by atoms with Crippen molar-refractivity contribution in [1.29, 1.82) is 0 Å². The smallest absolute Gasteiger partial charge is 0.230 e. The molecule has 0 unspecified atom stereocenters. The van der Waals surface area contributed by atoms with Gasteiger partial charge in [0, 0.05) is 88.3 Å². The number of piperidine rings is 1. The minimum Gasteiger partial charge on any atom is -0.343 e. The minimum absolute atomic E-state index is 0.0550. The van der Waals surface area contributed by atoms with Crippen LogP contribution < -0.4 is 4.90 Å². The number of hydrogen-bond donors (Lipinski definition) is 0. The molecule has 0 atom stereocenters. The van der Waals surface area contributed by atoms with Crippen molar-refractivity contribution >= 4 is 29.1 Å². The molecule has 2 aliphatic heterocycles. The Balaban J connectivity index is 1.29. The lowest BCUT2D eigenvalue weighted by Gasteiger charge is -2.36. The highest BCUT2D eigenvalue weighted by Crippen LogP contribution is 2.26. The van der Waals surface area contributed by atoms with Crippen LogP contribution in [-0.2, 0) is 16.1 Å². The molecular formula is C27H36ClN5O2. The van der Waals surface area contributed by atoms with Crippen LogP contribution in [0.3, 0.4) is 0 Å². The average molecular weight is 498 g/mol. The number of piperazine rings is 1. The van der Waals surface area contributed by atoms with E-state index in [1.165, 1.54) is 5.56 Å². The van der Waals surface area contributed by atoms with Crippen LogP contribution in [0.25, 0.3) is 0 Å². The zero-order valence-electron chi connectivity index (χ0n) is 20.6. The molecule has 7 nitrogen and oxygen atoms in total. The van der Waals surface area contributed by atoms with Crippen LogP contribution in [0.4, 0.5) is 5.69 Å². The van der Waals surface area contributed by atoms with E-state index in [9.17, 15) is 9.59 Å². The van der Waals surface area contributed by atoms with Crippen LogP contribution in [0.15, 0.2) is 48.8 Å². The van der Waals surface area contributed by atoms with E-state index in [4.69, 9.17) is 11.6 Å². The molecule has 35 heavy (non-hydrogen) atoms. The number of anilines is 1. The standard InChI is InChI=1S/C27H36ClN5O2/c1-22(34)32-13-8-24(9-14-32)27(35)33(26-7-2-6-25(28)19-26)12-4-11-30-15-17-31(18-16-30)21-23-5-3-10-29-20-23/h2-3,5-7,10,19-20,24H,4,8-9,11-18,21H2,1H3. The number of likely N-dealkylation sites (tertiary alicyclic amines) is 1. The van der Waals surface area contributed by atoms with Gasteiger partial charge in [0.15, 0.2) is 0 Å². The highest BCUT2D eigenvalue weighted by molar-refractivity contribution is 6.30. The van der Waals surface area contributed by atoms with Crippen LogP contribution in [-0.4, -0.2) is 83.9 Å². The summed E-state index contributed by atoms with van der Waals surface area (Å²) in [5, 5.41) is 0.636. The number of amides is 2. The van der Waals surface area contributed by atoms with Gasteiger partial charge in [0.05, 0.1) is 0 Å². The van der Waals surface area contributed by atoms with Crippen molar-refractivity contribution in [2.45, 2.75) is 32.7 Å². The fourth-order valence-corrected chi connectivity index (χ4v) is 5.23. The summed E-state index contributed by atoms with van der Waals surface area (Å²) in [6.45, 7) is 9.64. The zero-order chi connectivity index (χ0) is 24.6. The third kappa shape index (κ3) is 7.26. The number of benzene rings is 1. The maximum atomic E-state index is 13.5. The van der Waals surface area contributed by atoms with E-state index in [2.05, 4.69) is 20.9 Å². The molecule has 2 aromatic rings. The van der Waals surface area contributed by atoms with Gasteiger partial charge < -0.3 is 14.7 Å². The number of hydrogen-bond acceptors (Lipinski definition) is 5. The second-order valence-electron chi connectivity index (χ2n) is 9.58. The van der Waals surface area contributed by atoms with Gasteiger partial charge in [0.1, 0.15) is 0 Å². The van der Waals surface area contributed by atoms with Gasteiger partial charge in [0.25, 0.3) is 0 Å². The molecule has 2 aliphatic rings. The van der Waals surface area contributed by atoms with Gasteiger partial charge >= 0.3 is 0 Å². The quantitative estimate of drug-likeness (QED) is 0.558. The lowest BCUT2D eigenvalue weighted by Crippen LogP contribution is -2.47. The number of carbonyl (C=O) groups is 2. The summed E-state index contributed by atoms with van der Waals surface area (Å²) in [6, 6.07) is 11.7. The lowest BCUT2D eigenvalue weighted by molar-refractivity contribution is -0.133. The van der Waals surface area contributed by atoms with E-state index in [0.29, 0.717) is 37.5 Å². The molecule has 2 amide bonds. The number of rotatable bonds is 8. The molecule has 4 rings (SSSR count). The van der Waals surface area contributed by atoms with Crippen LogP contribution >= 0.6 is 11.6 Å². The fraction of sp³-hybridized carbons (Fsp3) is 0.519. The summed E-state index contributed by atoms with van der Waals surface area (Å²) < 4.78 is 0. The highest BCUT2D eigenvalue weighted by atomic mass is 35.5. The molecule has 0 saturated carbocycles. The third-order valence-corrected chi connectivity index (χ3v) is 7.36. The summed E-state index contributed by atoms with van der Waals surface area (Å²) in [5.74, 6) is 0.181. The molecule has 8 heteroatoms. The van der Waals surface area contributed by atoms with Crippen molar-refractivity contribution < 1.29 is 9.59 Å². The molecule has 1 aromatic heterocycles. The van der Waals surface area contributed by atoms with E-state index in [0.717, 1.165) is 51.4 Å². The van der Waals surface area contributed by atoms with Crippen LogP contribution in [0, 0.1) is 5.92 Å². The first-order chi connectivity index (χ1) is 17.0. The summed E-state index contributed by atoms with van der Waals surface area (Å²) in [6.07, 6.45) is 6.10. The SMILES string of the molecule is CC(=O)N1CCC(C(=O)N(CCCN2CCN(Cc3cccnc3)CC2)c2cccc(Cl)c2)CC1. The van der Waals surface area contributed by atoms with Crippen molar-refractivity contribution in [2.75, 3.05) is 57.3 Å². The van der Waals surface area contributed by atoms with Crippen molar-refractivity contribution in [2.24, 2.45) is 5.92 Å². The van der Waals surface area contributed by atoms with Crippen LogP contribution in [0.2, 0.25) is 5.02 Å². The summed E-state index contributed by atoms with van der Waals surface area (Å²) in [5.41, 5.74) is 2.11. The Morgan fingerprint density at radius 2 is 1.77 bits per heavy atom. The van der Waals surface area contributed by atoms with E-state index >= 15 is 0 Å². The number of halogens is 1. The van der Waals surface area contributed by atoms with Crippen LogP contribution in [0.1, 0.15) is 31.7 Å². The predicted molar refractivity (Wildman–Crippen MR) is 139 cm³/mol. The number of carbonyl (C=O) groups excluding carboxylic acids is 2. The monoisotopic (exact) mass is 497 g/mol. The first-order valence-electron chi connectivity index (χ1n) is 12.7. The number of nitrogens with zero attached hydrogens (tertiary/aromatic N) is 5. The molecule has 0 bridgehead atoms. The molecule has 0 aliphatic carbocycles. The van der Waals surface area contributed by atoms with Gasteiger partial charge in [0.2, 0.25) is 11.8 Å². The second-order valence-corrected chi connectivity index (χ2v) is 10.0. The van der Waals surface area contributed by atoms with Crippen molar-refractivity contribution in [3.05, 3.63) is 59.4 Å². The van der Waals surface area contributed by atoms with Crippen molar-refractivity contribution in [3.63, 3.8) is 0 Å². The third-order valence-electron chi connectivity index (χ3n) is 7.13. The van der Waals surface area contributed by atoms with Gasteiger partial charge in [-0.05, 0) is 55.6 Å². The largest absolute Gasteiger partial charge is 0.343 e. The van der Waals surface area contributed by atoms with Crippen LogP contribution in [0.5, 0.6) is 0 Å². The predicted octanol–water partition coefficient (Wildman–Crippen LogP) is 3.53. The molecule has 0 spiro atoms. The maximum absolute atomic E-state index is 13.5. The highest BCUT2D eigenvalue weighted by Gasteiger charge is 2.30. The molecular weight excluding hydrogens is 462 g/mol. The Hall–Kier alpha value is -2.48. The Morgan fingerprint density at radius 1 is 1.03 bits per heavy atom. The number of pyridine rings is 1. The van der Waals surface area contributed by atoms with Gasteiger partial charge in [-0.25, -0.2) is 0 Å². The van der Waals surface area contributed by atoms with Crippen molar-refractivity contribution in [1.82, 2.24) is 19.7 Å². The van der Waals surface area contributed by atoms with E-state index in [-0.39, 0.29) is 17.7 Å². The fourth-order valence-electron chi connectivity index (χ4n) is 5.05. The van der Waals surface area contributed by atoms with Gasteiger partial charge in [-0.15, -0.1) is 0 Å². The van der Waals surface area contributed by atoms with Gasteiger partial charge in [-0.3, -0.25) is 19.5 Å². The number of aromatic nitrogens is 1. The van der Waals surface area contributed by atoms with E-state index < -0.39 is 0 Å². The average Bonchev–Trinajstić information content (AvgIpc) is 2.88. The molecule has 2 fully saturated rings.